The number of aryl methyl sites for hydroxylation is 1. The van der Waals surface area contributed by atoms with Crippen LogP contribution in [0.1, 0.15) is 22.8 Å². The summed E-state index contributed by atoms with van der Waals surface area (Å²) >= 11 is 0. The molecule has 0 atom stereocenters. The molecule has 0 unspecified atom stereocenters. The minimum absolute atomic E-state index is 0.146. The zero-order valence-electron chi connectivity index (χ0n) is 10.8. The Bertz CT molecular complexity index is 871. The average molecular weight is 262 g/mol. The second-order valence-corrected chi connectivity index (χ2v) is 4.42. The predicted octanol–water partition coefficient (Wildman–Crippen LogP) is 1.63. The summed E-state index contributed by atoms with van der Waals surface area (Å²) in [6.45, 7) is 2.42. The minimum atomic E-state index is 0.146. The van der Waals surface area contributed by atoms with Gasteiger partial charge < -0.3 is 8.97 Å². The normalized spacial score (nSPS) is 10.3. The maximum absolute atomic E-state index is 9.09. The molecule has 0 aliphatic rings. The van der Waals surface area contributed by atoms with Gasteiger partial charge in [-0.3, -0.25) is 0 Å². The molecule has 0 aromatic carbocycles. The molecule has 0 fully saturated rings. The summed E-state index contributed by atoms with van der Waals surface area (Å²) in [5.41, 5.74) is 3.18. The lowest BCUT2D eigenvalue weighted by Crippen LogP contribution is -2.01. The van der Waals surface area contributed by atoms with Gasteiger partial charge in [0.1, 0.15) is 17.8 Å². The monoisotopic (exact) mass is 262 g/mol. The van der Waals surface area contributed by atoms with E-state index in [1.165, 1.54) is 6.33 Å². The van der Waals surface area contributed by atoms with E-state index in [9.17, 15) is 0 Å². The van der Waals surface area contributed by atoms with E-state index in [2.05, 4.69) is 9.97 Å². The highest BCUT2D eigenvalue weighted by Crippen LogP contribution is 2.12. The molecule has 0 saturated carbocycles. The van der Waals surface area contributed by atoms with Crippen molar-refractivity contribution in [2.24, 2.45) is 0 Å². The molecule has 6 heteroatoms. The van der Waals surface area contributed by atoms with Gasteiger partial charge in [0.25, 0.3) is 0 Å². The van der Waals surface area contributed by atoms with Crippen molar-refractivity contribution in [3.8, 4) is 12.1 Å². The van der Waals surface area contributed by atoms with Crippen LogP contribution < -0.4 is 0 Å². The molecule has 0 amide bonds. The van der Waals surface area contributed by atoms with Crippen LogP contribution >= 0.6 is 0 Å². The second kappa shape index (κ2) is 4.52. The first-order chi connectivity index (χ1) is 9.72. The standard InChI is InChI=1S/C14H10N6/c1-10-3-2-4-14-18-11(8-20(10)14)7-19-9-17-12(5-15)13(19)6-16/h2-4,8-9H,7H2,1H3. The number of nitriles is 2. The number of imidazole rings is 2. The van der Waals surface area contributed by atoms with Crippen LogP contribution in [0.15, 0.2) is 30.7 Å². The number of nitrogens with zero attached hydrogens (tertiary/aromatic N) is 6. The molecule has 3 rings (SSSR count). The van der Waals surface area contributed by atoms with Gasteiger partial charge in [-0.2, -0.15) is 10.5 Å². The van der Waals surface area contributed by atoms with Crippen molar-refractivity contribution in [1.82, 2.24) is 18.9 Å². The van der Waals surface area contributed by atoms with Gasteiger partial charge in [-0.25, -0.2) is 9.97 Å². The highest BCUT2D eigenvalue weighted by atomic mass is 15.1. The maximum Gasteiger partial charge on any atom is 0.176 e. The van der Waals surface area contributed by atoms with Crippen molar-refractivity contribution >= 4 is 5.65 Å². The first-order valence-electron chi connectivity index (χ1n) is 6.02. The number of pyridine rings is 1. The Labute approximate surface area is 115 Å². The van der Waals surface area contributed by atoms with Crippen molar-refractivity contribution in [2.75, 3.05) is 0 Å². The zero-order valence-corrected chi connectivity index (χ0v) is 10.8. The van der Waals surface area contributed by atoms with Gasteiger partial charge >= 0.3 is 0 Å². The maximum atomic E-state index is 9.09. The molecular formula is C14H10N6. The lowest BCUT2D eigenvalue weighted by Gasteiger charge is -1.99. The fourth-order valence-corrected chi connectivity index (χ4v) is 2.15. The Kier molecular flexibility index (Phi) is 2.70. The summed E-state index contributed by atoms with van der Waals surface area (Å²) in [6, 6.07) is 9.79. The van der Waals surface area contributed by atoms with E-state index < -0.39 is 0 Å². The topological polar surface area (TPSA) is 82.7 Å². The van der Waals surface area contributed by atoms with E-state index in [0.29, 0.717) is 6.54 Å². The van der Waals surface area contributed by atoms with Crippen LogP contribution in [0.2, 0.25) is 0 Å². The lowest BCUT2D eigenvalue weighted by molar-refractivity contribution is 0.768. The molecule has 3 aromatic rings. The molecule has 0 radical (unpaired) electrons. The molecule has 6 nitrogen and oxygen atoms in total. The molecule has 0 bridgehead atoms. The third kappa shape index (κ3) is 1.80. The first-order valence-corrected chi connectivity index (χ1v) is 6.02. The molecule has 0 saturated heterocycles. The van der Waals surface area contributed by atoms with Gasteiger partial charge in [-0.1, -0.05) is 6.07 Å². The quantitative estimate of drug-likeness (QED) is 0.702. The number of aromatic nitrogens is 4. The van der Waals surface area contributed by atoms with E-state index in [1.54, 1.807) is 4.57 Å². The fraction of sp³-hybridized carbons (Fsp3) is 0.143. The summed E-state index contributed by atoms with van der Waals surface area (Å²) in [4.78, 5) is 8.42. The van der Waals surface area contributed by atoms with Crippen molar-refractivity contribution in [3.05, 3.63) is 53.5 Å². The Morgan fingerprint density at radius 3 is 2.80 bits per heavy atom. The molecule has 96 valence electrons. The van der Waals surface area contributed by atoms with Gasteiger partial charge in [-0.15, -0.1) is 0 Å². The molecule has 0 aliphatic heterocycles. The number of rotatable bonds is 2. The minimum Gasteiger partial charge on any atom is -0.315 e. The highest BCUT2D eigenvalue weighted by molar-refractivity contribution is 5.42. The second-order valence-electron chi connectivity index (χ2n) is 4.42. The fourth-order valence-electron chi connectivity index (χ4n) is 2.15. The van der Waals surface area contributed by atoms with Gasteiger partial charge in [0.2, 0.25) is 0 Å². The van der Waals surface area contributed by atoms with Crippen LogP contribution in [0, 0.1) is 29.6 Å². The molecule has 20 heavy (non-hydrogen) atoms. The molecular weight excluding hydrogens is 252 g/mol. The number of hydrogen-bond acceptors (Lipinski definition) is 4. The van der Waals surface area contributed by atoms with Crippen LogP contribution in [0.3, 0.4) is 0 Å². The van der Waals surface area contributed by atoms with E-state index in [-0.39, 0.29) is 11.4 Å². The molecule has 0 N–H and O–H groups in total. The summed E-state index contributed by atoms with van der Waals surface area (Å²) in [7, 11) is 0. The van der Waals surface area contributed by atoms with Crippen molar-refractivity contribution in [2.45, 2.75) is 13.5 Å². The Hall–Kier alpha value is -3.12. The van der Waals surface area contributed by atoms with Gasteiger partial charge in [-0.05, 0) is 19.1 Å². The summed E-state index contributed by atoms with van der Waals surface area (Å²) in [5.74, 6) is 0. The predicted molar refractivity (Wildman–Crippen MR) is 70.7 cm³/mol. The van der Waals surface area contributed by atoms with Crippen LogP contribution in [-0.2, 0) is 6.54 Å². The molecule has 3 heterocycles. The van der Waals surface area contributed by atoms with Crippen molar-refractivity contribution in [3.63, 3.8) is 0 Å². The van der Waals surface area contributed by atoms with E-state index in [4.69, 9.17) is 10.5 Å². The van der Waals surface area contributed by atoms with Gasteiger partial charge in [0.15, 0.2) is 11.4 Å². The van der Waals surface area contributed by atoms with E-state index >= 15 is 0 Å². The van der Waals surface area contributed by atoms with E-state index in [0.717, 1.165) is 17.0 Å². The average Bonchev–Trinajstić information content (AvgIpc) is 3.03. The Morgan fingerprint density at radius 1 is 1.25 bits per heavy atom. The highest BCUT2D eigenvalue weighted by Gasteiger charge is 2.11. The van der Waals surface area contributed by atoms with Crippen LogP contribution in [0.25, 0.3) is 5.65 Å². The Morgan fingerprint density at radius 2 is 2.10 bits per heavy atom. The van der Waals surface area contributed by atoms with Crippen molar-refractivity contribution < 1.29 is 0 Å². The summed E-state index contributed by atoms with van der Waals surface area (Å²) < 4.78 is 3.62. The lowest BCUT2D eigenvalue weighted by atomic mass is 10.3. The summed E-state index contributed by atoms with van der Waals surface area (Å²) in [6.07, 6.45) is 3.42. The SMILES string of the molecule is Cc1cccc2nc(Cn3cnc(C#N)c3C#N)cn12. The first kappa shape index (κ1) is 11.9. The Balaban J connectivity index is 2.02. The zero-order chi connectivity index (χ0) is 14.1. The number of hydrogen-bond donors (Lipinski definition) is 0. The van der Waals surface area contributed by atoms with Crippen LogP contribution in [-0.4, -0.2) is 18.9 Å². The van der Waals surface area contributed by atoms with Crippen LogP contribution in [0.5, 0.6) is 0 Å². The molecule has 0 spiro atoms. The third-order valence-electron chi connectivity index (χ3n) is 3.13. The van der Waals surface area contributed by atoms with Gasteiger partial charge in [0.05, 0.1) is 18.6 Å². The molecule has 0 aliphatic carbocycles. The van der Waals surface area contributed by atoms with Crippen molar-refractivity contribution in [1.29, 1.82) is 10.5 Å². The summed E-state index contributed by atoms with van der Waals surface area (Å²) in [5, 5.41) is 18.0. The third-order valence-corrected chi connectivity index (χ3v) is 3.13. The largest absolute Gasteiger partial charge is 0.315 e. The van der Waals surface area contributed by atoms with Gasteiger partial charge in [0, 0.05) is 11.9 Å². The van der Waals surface area contributed by atoms with Crippen LogP contribution in [0.4, 0.5) is 0 Å². The van der Waals surface area contributed by atoms with E-state index in [1.807, 2.05) is 47.9 Å². The smallest absolute Gasteiger partial charge is 0.176 e. The number of fused-ring (bicyclic) bond motifs is 1. The molecule has 3 aromatic heterocycles.